The molecule has 0 bridgehead atoms. The van der Waals surface area contributed by atoms with Crippen LogP contribution in [0.25, 0.3) is 0 Å². The average molecular weight is 277 g/mol. The minimum Gasteiger partial charge on any atom is -0.281 e. The van der Waals surface area contributed by atoms with Crippen molar-refractivity contribution in [3.05, 3.63) is 71.8 Å². The lowest BCUT2D eigenvalue weighted by Crippen LogP contribution is -2.33. The summed E-state index contributed by atoms with van der Waals surface area (Å²) in [5, 5.41) is 0. The Morgan fingerprint density at radius 1 is 0.905 bits per heavy atom. The summed E-state index contributed by atoms with van der Waals surface area (Å²) in [5.74, 6) is 2.97. The number of hydrogen-bond acceptors (Lipinski definition) is 1. The second-order valence-electron chi connectivity index (χ2n) is 5.35. The molecule has 0 amide bonds. The lowest BCUT2D eigenvalue weighted by Gasteiger charge is -2.28. The van der Waals surface area contributed by atoms with E-state index in [0.717, 1.165) is 25.9 Å². The lowest BCUT2D eigenvalue weighted by molar-refractivity contribution is 0.208. The minimum absolute atomic E-state index is 0.190. The fourth-order valence-electron chi connectivity index (χ4n) is 2.56. The maximum atomic E-state index is 5.78. The summed E-state index contributed by atoms with van der Waals surface area (Å²) in [6.45, 7) is 3.97. The van der Waals surface area contributed by atoms with E-state index in [1.807, 2.05) is 0 Å². The molecule has 2 aromatic rings. The molecule has 0 N–H and O–H groups in total. The Kier molecular flexibility index (Phi) is 6.06. The Labute approximate surface area is 128 Å². The Morgan fingerprint density at radius 2 is 1.38 bits per heavy atom. The largest absolute Gasteiger partial charge is 0.281 e. The number of hydrogen-bond donors (Lipinski definition) is 0. The van der Waals surface area contributed by atoms with Gasteiger partial charge in [-0.1, -0.05) is 79.9 Å². The molecule has 0 aliphatic rings. The Hall–Kier alpha value is -2.04. The summed E-state index contributed by atoms with van der Waals surface area (Å²) in [5.41, 5.74) is 2.62. The second-order valence-corrected chi connectivity index (χ2v) is 5.35. The molecule has 2 aromatic carbocycles. The zero-order valence-corrected chi connectivity index (χ0v) is 12.7. The first-order valence-corrected chi connectivity index (χ1v) is 7.61. The first-order valence-electron chi connectivity index (χ1n) is 7.61. The zero-order chi connectivity index (χ0) is 14.9. The van der Waals surface area contributed by atoms with E-state index in [1.165, 1.54) is 11.1 Å². The van der Waals surface area contributed by atoms with Crippen LogP contribution in [-0.2, 0) is 13.1 Å². The third-order valence-electron chi connectivity index (χ3n) is 3.65. The van der Waals surface area contributed by atoms with Crippen LogP contribution < -0.4 is 0 Å². The molecular formula is C20H23N. The third kappa shape index (κ3) is 4.77. The smallest absolute Gasteiger partial charge is 0.0717 e. The average Bonchev–Trinajstić information content (AvgIpc) is 2.54. The van der Waals surface area contributed by atoms with Crippen molar-refractivity contribution in [2.24, 2.45) is 0 Å². The predicted molar refractivity (Wildman–Crippen MR) is 89.7 cm³/mol. The molecule has 1 atom stereocenters. The maximum Gasteiger partial charge on any atom is 0.0717 e. The van der Waals surface area contributed by atoms with Gasteiger partial charge in [0, 0.05) is 13.1 Å². The van der Waals surface area contributed by atoms with Crippen molar-refractivity contribution in [1.29, 1.82) is 0 Å². The summed E-state index contributed by atoms with van der Waals surface area (Å²) in [6.07, 6.45) is 7.92. The first kappa shape index (κ1) is 15.4. The second kappa shape index (κ2) is 8.29. The Morgan fingerprint density at radius 3 is 1.76 bits per heavy atom. The fourth-order valence-corrected chi connectivity index (χ4v) is 2.56. The van der Waals surface area contributed by atoms with E-state index >= 15 is 0 Å². The molecule has 0 aromatic heterocycles. The van der Waals surface area contributed by atoms with E-state index in [4.69, 9.17) is 6.42 Å². The van der Waals surface area contributed by atoms with E-state index < -0.39 is 0 Å². The van der Waals surface area contributed by atoms with E-state index in [1.54, 1.807) is 0 Å². The van der Waals surface area contributed by atoms with E-state index in [9.17, 15) is 0 Å². The van der Waals surface area contributed by atoms with Gasteiger partial charge in [0.25, 0.3) is 0 Å². The van der Waals surface area contributed by atoms with Gasteiger partial charge in [-0.05, 0) is 17.5 Å². The van der Waals surface area contributed by atoms with Gasteiger partial charge in [-0.3, -0.25) is 4.90 Å². The van der Waals surface area contributed by atoms with Gasteiger partial charge >= 0.3 is 0 Å². The van der Waals surface area contributed by atoms with E-state index in [-0.39, 0.29) is 6.04 Å². The van der Waals surface area contributed by atoms with Gasteiger partial charge in [-0.15, -0.1) is 6.42 Å². The normalized spacial score (nSPS) is 12.0. The molecule has 1 nitrogen and oxygen atoms in total. The summed E-state index contributed by atoms with van der Waals surface area (Å²) in [6, 6.07) is 21.3. The van der Waals surface area contributed by atoms with Gasteiger partial charge in [-0.2, -0.15) is 0 Å². The van der Waals surface area contributed by atoms with Crippen LogP contribution in [0.1, 0.15) is 30.9 Å². The molecule has 0 fully saturated rings. The van der Waals surface area contributed by atoms with Crippen molar-refractivity contribution in [2.75, 3.05) is 0 Å². The fraction of sp³-hybridized carbons (Fsp3) is 0.300. The number of terminal acetylenes is 1. The Bertz CT molecular complexity index is 512. The van der Waals surface area contributed by atoms with Crippen molar-refractivity contribution in [3.63, 3.8) is 0 Å². The van der Waals surface area contributed by atoms with Crippen LogP contribution >= 0.6 is 0 Å². The van der Waals surface area contributed by atoms with Crippen LogP contribution in [0.2, 0.25) is 0 Å². The van der Waals surface area contributed by atoms with Crippen molar-refractivity contribution >= 4 is 0 Å². The van der Waals surface area contributed by atoms with Crippen LogP contribution in [-0.4, -0.2) is 10.9 Å². The molecule has 2 rings (SSSR count). The number of nitrogens with zero attached hydrogens (tertiary/aromatic N) is 1. The van der Waals surface area contributed by atoms with Gasteiger partial charge in [0.1, 0.15) is 0 Å². The molecule has 0 unspecified atom stereocenters. The Balaban J connectivity index is 2.15. The first-order chi connectivity index (χ1) is 10.3. The number of rotatable bonds is 7. The highest BCUT2D eigenvalue weighted by Gasteiger charge is 2.16. The van der Waals surface area contributed by atoms with Crippen molar-refractivity contribution in [1.82, 2.24) is 4.90 Å². The zero-order valence-electron chi connectivity index (χ0n) is 12.7. The van der Waals surface area contributed by atoms with Gasteiger partial charge in [0.15, 0.2) is 0 Å². The van der Waals surface area contributed by atoms with Gasteiger partial charge in [0.2, 0.25) is 0 Å². The summed E-state index contributed by atoms with van der Waals surface area (Å²) < 4.78 is 0. The highest BCUT2D eigenvalue weighted by atomic mass is 15.1. The van der Waals surface area contributed by atoms with Gasteiger partial charge in [-0.25, -0.2) is 0 Å². The SMILES string of the molecule is C#C[C@H](CCC)N(Cc1ccccc1)Cc1ccccc1. The predicted octanol–water partition coefficient (Wildman–Crippen LogP) is 4.49. The van der Waals surface area contributed by atoms with E-state index in [2.05, 4.69) is 78.4 Å². The van der Waals surface area contributed by atoms with Crippen LogP contribution in [0, 0.1) is 12.3 Å². The van der Waals surface area contributed by atoms with Crippen LogP contribution in [0.3, 0.4) is 0 Å². The lowest BCUT2D eigenvalue weighted by atomic mass is 10.1. The molecule has 0 aliphatic heterocycles. The summed E-state index contributed by atoms with van der Waals surface area (Å²) in [4.78, 5) is 2.40. The van der Waals surface area contributed by atoms with Crippen LogP contribution in [0.4, 0.5) is 0 Å². The summed E-state index contributed by atoms with van der Waals surface area (Å²) >= 11 is 0. The minimum atomic E-state index is 0.190. The standard InChI is InChI=1S/C20H23N/c1-3-11-20(4-2)21(16-18-12-7-5-8-13-18)17-19-14-9-6-10-15-19/h2,5-10,12-15,20H,3,11,16-17H2,1H3/t20-/m1/s1. The number of benzene rings is 2. The van der Waals surface area contributed by atoms with E-state index in [0.29, 0.717) is 0 Å². The maximum absolute atomic E-state index is 5.78. The molecule has 1 heteroatoms. The topological polar surface area (TPSA) is 3.24 Å². The monoisotopic (exact) mass is 277 g/mol. The van der Waals surface area contributed by atoms with Crippen molar-refractivity contribution in [3.8, 4) is 12.3 Å². The van der Waals surface area contributed by atoms with Crippen molar-refractivity contribution in [2.45, 2.75) is 38.9 Å². The molecule has 21 heavy (non-hydrogen) atoms. The molecule has 108 valence electrons. The van der Waals surface area contributed by atoms with Crippen molar-refractivity contribution < 1.29 is 0 Å². The molecular weight excluding hydrogens is 254 g/mol. The molecule has 0 radical (unpaired) electrons. The third-order valence-corrected chi connectivity index (χ3v) is 3.65. The highest BCUT2D eigenvalue weighted by molar-refractivity contribution is 5.18. The molecule has 0 heterocycles. The molecule has 0 saturated heterocycles. The van der Waals surface area contributed by atoms with Gasteiger partial charge < -0.3 is 0 Å². The molecule has 0 aliphatic carbocycles. The van der Waals surface area contributed by atoms with Gasteiger partial charge in [0.05, 0.1) is 6.04 Å². The van der Waals surface area contributed by atoms with Crippen LogP contribution in [0.5, 0.6) is 0 Å². The highest BCUT2D eigenvalue weighted by Crippen LogP contribution is 2.16. The quantitative estimate of drug-likeness (QED) is 0.674. The molecule has 0 spiro atoms. The molecule has 0 saturated carbocycles. The summed E-state index contributed by atoms with van der Waals surface area (Å²) in [7, 11) is 0. The van der Waals surface area contributed by atoms with Crippen LogP contribution in [0.15, 0.2) is 60.7 Å².